The first-order valence-electron chi connectivity index (χ1n) is 7.28. The molecule has 4 atom stereocenters. The minimum absolute atomic E-state index is 0.146. The lowest BCUT2D eigenvalue weighted by Gasteiger charge is -2.29. The van der Waals surface area contributed by atoms with E-state index in [9.17, 15) is 14.7 Å². The molecule has 1 aromatic rings. The van der Waals surface area contributed by atoms with Crippen molar-refractivity contribution in [1.82, 2.24) is 5.32 Å². The average molecular weight is 399 g/mol. The molecule has 2 aliphatic rings. The van der Waals surface area contributed by atoms with Gasteiger partial charge in [-0.3, -0.25) is 9.59 Å². The monoisotopic (exact) mass is 399 g/mol. The Morgan fingerprint density at radius 3 is 2.71 bits per heavy atom. The highest BCUT2D eigenvalue weighted by molar-refractivity contribution is 14.1. The second kappa shape index (κ2) is 5.59. The predicted molar refractivity (Wildman–Crippen MR) is 87.1 cm³/mol. The lowest BCUT2D eigenvalue weighted by molar-refractivity contribution is -0.144. The van der Waals surface area contributed by atoms with Gasteiger partial charge in [-0.05, 0) is 72.2 Å². The van der Waals surface area contributed by atoms with E-state index in [-0.39, 0.29) is 17.9 Å². The molecule has 2 aliphatic carbocycles. The number of carboxylic acids is 1. The summed E-state index contributed by atoms with van der Waals surface area (Å²) in [5, 5.41) is 12.4. The molecule has 0 heterocycles. The number of aliphatic carboxylic acids is 1. The molecule has 0 radical (unpaired) electrons. The molecule has 0 spiro atoms. The quantitative estimate of drug-likeness (QED) is 0.769. The number of carbonyl (C=O) groups is 2. The number of benzene rings is 1. The zero-order valence-corrected chi connectivity index (χ0v) is 14.0. The van der Waals surface area contributed by atoms with Gasteiger partial charge in [0.25, 0.3) is 5.91 Å². The smallest absolute Gasteiger partial charge is 0.308 e. The highest BCUT2D eigenvalue weighted by Crippen LogP contribution is 2.48. The fourth-order valence-corrected chi connectivity index (χ4v) is 4.51. The Labute approximate surface area is 137 Å². The number of fused-ring (bicyclic) bond motifs is 2. The van der Waals surface area contributed by atoms with E-state index in [2.05, 4.69) is 27.9 Å². The van der Waals surface area contributed by atoms with Gasteiger partial charge in [0.1, 0.15) is 0 Å². The van der Waals surface area contributed by atoms with Gasteiger partial charge in [-0.25, -0.2) is 0 Å². The van der Waals surface area contributed by atoms with Gasteiger partial charge in [0.2, 0.25) is 0 Å². The van der Waals surface area contributed by atoms with Crippen molar-refractivity contribution in [2.24, 2.45) is 17.8 Å². The SMILES string of the molecule is Cc1cccc(C(=O)NC2C3CCC(C3)C2C(=O)O)c1I. The van der Waals surface area contributed by atoms with Crippen molar-refractivity contribution in [3.63, 3.8) is 0 Å². The fourth-order valence-electron chi connectivity index (χ4n) is 3.91. The van der Waals surface area contributed by atoms with Crippen LogP contribution in [0.3, 0.4) is 0 Å². The van der Waals surface area contributed by atoms with Crippen LogP contribution in [0.2, 0.25) is 0 Å². The minimum atomic E-state index is -0.772. The third kappa shape index (κ3) is 2.56. The maximum atomic E-state index is 12.5. The third-order valence-corrected chi connectivity index (χ3v) is 6.37. The molecule has 112 valence electrons. The number of halogens is 1. The molecule has 2 bridgehead atoms. The summed E-state index contributed by atoms with van der Waals surface area (Å²) in [5.74, 6) is -0.787. The highest BCUT2D eigenvalue weighted by atomic mass is 127. The molecule has 2 N–H and O–H groups in total. The fraction of sp³-hybridized carbons (Fsp3) is 0.500. The van der Waals surface area contributed by atoms with E-state index in [0.717, 1.165) is 28.4 Å². The van der Waals surface area contributed by atoms with Crippen LogP contribution in [0.15, 0.2) is 18.2 Å². The van der Waals surface area contributed by atoms with Crippen molar-refractivity contribution in [3.05, 3.63) is 32.9 Å². The molecule has 5 heteroatoms. The topological polar surface area (TPSA) is 66.4 Å². The summed E-state index contributed by atoms with van der Waals surface area (Å²) in [5.41, 5.74) is 1.70. The molecule has 21 heavy (non-hydrogen) atoms. The largest absolute Gasteiger partial charge is 0.481 e. The van der Waals surface area contributed by atoms with Crippen molar-refractivity contribution < 1.29 is 14.7 Å². The lowest BCUT2D eigenvalue weighted by Crippen LogP contribution is -2.47. The second-order valence-electron chi connectivity index (χ2n) is 6.13. The van der Waals surface area contributed by atoms with Crippen molar-refractivity contribution >= 4 is 34.5 Å². The Hall–Kier alpha value is -1.11. The summed E-state index contributed by atoms with van der Waals surface area (Å²) < 4.78 is 0.933. The van der Waals surface area contributed by atoms with Crippen molar-refractivity contribution in [3.8, 4) is 0 Å². The summed E-state index contributed by atoms with van der Waals surface area (Å²) in [6, 6.07) is 5.41. The third-order valence-electron chi connectivity index (χ3n) is 4.94. The van der Waals surface area contributed by atoms with Crippen molar-refractivity contribution in [1.29, 1.82) is 0 Å². The first-order chi connectivity index (χ1) is 9.99. The molecule has 4 nitrogen and oxygen atoms in total. The van der Waals surface area contributed by atoms with E-state index in [1.807, 2.05) is 19.1 Å². The summed E-state index contributed by atoms with van der Waals surface area (Å²) in [6.07, 6.45) is 2.95. The van der Waals surface area contributed by atoms with Gasteiger partial charge < -0.3 is 10.4 Å². The number of aryl methyl sites for hydroxylation is 1. The van der Waals surface area contributed by atoms with Crippen LogP contribution < -0.4 is 5.32 Å². The van der Waals surface area contributed by atoms with Gasteiger partial charge >= 0.3 is 5.97 Å². The Bertz CT molecular complexity index is 601. The molecule has 0 saturated heterocycles. The predicted octanol–water partition coefficient (Wildman–Crippen LogP) is 2.83. The standard InChI is InChI=1S/C16H18INO3/c1-8-3-2-4-11(13(8)17)15(19)18-14-10-6-5-9(7-10)12(14)16(20)21/h2-4,9-10,12,14H,5-7H2,1H3,(H,18,19)(H,20,21). The van der Waals surface area contributed by atoms with Gasteiger partial charge in [0, 0.05) is 9.61 Å². The summed E-state index contributed by atoms with van der Waals surface area (Å²) in [6.45, 7) is 1.97. The first-order valence-corrected chi connectivity index (χ1v) is 8.35. The maximum Gasteiger partial charge on any atom is 0.308 e. The van der Waals surface area contributed by atoms with Crippen LogP contribution in [0.1, 0.15) is 35.2 Å². The Morgan fingerprint density at radius 2 is 2.00 bits per heavy atom. The van der Waals surface area contributed by atoms with Gasteiger partial charge in [-0.1, -0.05) is 12.1 Å². The number of amides is 1. The summed E-state index contributed by atoms with van der Waals surface area (Å²) in [7, 11) is 0. The van der Waals surface area contributed by atoms with Crippen LogP contribution in [0.25, 0.3) is 0 Å². The highest BCUT2D eigenvalue weighted by Gasteiger charge is 2.51. The zero-order valence-electron chi connectivity index (χ0n) is 11.8. The first kappa shape index (κ1) is 14.8. The van der Waals surface area contributed by atoms with Crippen LogP contribution in [0.4, 0.5) is 0 Å². The van der Waals surface area contributed by atoms with Crippen molar-refractivity contribution in [2.45, 2.75) is 32.2 Å². The van der Waals surface area contributed by atoms with E-state index >= 15 is 0 Å². The molecule has 2 fully saturated rings. The number of hydrogen-bond donors (Lipinski definition) is 2. The van der Waals surface area contributed by atoms with Gasteiger partial charge in [-0.15, -0.1) is 0 Å². The average Bonchev–Trinajstić information content (AvgIpc) is 3.02. The number of nitrogens with one attached hydrogen (secondary N) is 1. The van der Waals surface area contributed by atoms with Crippen LogP contribution in [0.5, 0.6) is 0 Å². The van der Waals surface area contributed by atoms with Crippen LogP contribution >= 0.6 is 22.6 Å². The number of carboxylic acid groups (broad SMARTS) is 1. The number of carbonyl (C=O) groups excluding carboxylic acids is 1. The lowest BCUT2D eigenvalue weighted by atomic mass is 9.84. The second-order valence-corrected chi connectivity index (χ2v) is 7.21. The summed E-state index contributed by atoms with van der Waals surface area (Å²) >= 11 is 2.17. The van der Waals surface area contributed by atoms with Crippen LogP contribution in [-0.2, 0) is 4.79 Å². The molecule has 1 amide bonds. The normalized spacial score (nSPS) is 30.4. The molecule has 1 aromatic carbocycles. The van der Waals surface area contributed by atoms with E-state index in [0.29, 0.717) is 11.5 Å². The Balaban J connectivity index is 1.81. The van der Waals surface area contributed by atoms with Crippen molar-refractivity contribution in [2.75, 3.05) is 0 Å². The van der Waals surface area contributed by atoms with Crippen LogP contribution in [-0.4, -0.2) is 23.0 Å². The molecule has 3 rings (SSSR count). The van der Waals surface area contributed by atoms with E-state index < -0.39 is 11.9 Å². The van der Waals surface area contributed by atoms with E-state index in [4.69, 9.17) is 0 Å². The molecule has 2 saturated carbocycles. The van der Waals surface area contributed by atoms with E-state index in [1.54, 1.807) is 6.07 Å². The van der Waals surface area contributed by atoms with Gasteiger partial charge in [0.05, 0.1) is 11.5 Å². The Morgan fingerprint density at radius 1 is 1.29 bits per heavy atom. The summed E-state index contributed by atoms with van der Waals surface area (Å²) in [4.78, 5) is 24.0. The molecular formula is C16H18INO3. The van der Waals surface area contributed by atoms with E-state index in [1.165, 1.54) is 0 Å². The zero-order chi connectivity index (χ0) is 15.1. The Kier molecular flexibility index (Phi) is 3.94. The molecular weight excluding hydrogens is 381 g/mol. The van der Waals surface area contributed by atoms with Gasteiger partial charge in [-0.2, -0.15) is 0 Å². The number of rotatable bonds is 3. The molecule has 0 aromatic heterocycles. The number of hydrogen-bond acceptors (Lipinski definition) is 2. The molecule has 4 unspecified atom stereocenters. The van der Waals surface area contributed by atoms with Gasteiger partial charge in [0.15, 0.2) is 0 Å². The maximum absolute atomic E-state index is 12.5. The minimum Gasteiger partial charge on any atom is -0.481 e. The van der Waals surface area contributed by atoms with Crippen LogP contribution in [0, 0.1) is 28.2 Å². The molecule has 0 aliphatic heterocycles.